The Kier molecular flexibility index (Phi) is 1.22. The standard InChI is InChI=1S/C7H9FN2/c8-7-3-9-10(5-7)4-6-1-2-6/h3,5-6H,1-2,4H2. The van der Waals surface area contributed by atoms with E-state index in [-0.39, 0.29) is 5.82 Å². The molecule has 10 heavy (non-hydrogen) atoms. The third-order valence-electron chi connectivity index (χ3n) is 1.74. The minimum atomic E-state index is -0.236. The zero-order valence-electron chi connectivity index (χ0n) is 5.63. The van der Waals surface area contributed by atoms with Crippen molar-refractivity contribution in [1.82, 2.24) is 9.78 Å². The van der Waals surface area contributed by atoms with E-state index in [9.17, 15) is 4.39 Å². The van der Waals surface area contributed by atoms with E-state index in [0.29, 0.717) is 0 Å². The van der Waals surface area contributed by atoms with Gasteiger partial charge in [0, 0.05) is 6.54 Å². The molecule has 0 unspecified atom stereocenters. The van der Waals surface area contributed by atoms with Gasteiger partial charge in [-0.25, -0.2) is 4.39 Å². The first-order chi connectivity index (χ1) is 4.84. The summed E-state index contributed by atoms with van der Waals surface area (Å²) in [4.78, 5) is 0. The Labute approximate surface area is 58.7 Å². The Morgan fingerprint density at radius 1 is 1.70 bits per heavy atom. The van der Waals surface area contributed by atoms with Gasteiger partial charge in [0.1, 0.15) is 0 Å². The van der Waals surface area contributed by atoms with Gasteiger partial charge in [0.25, 0.3) is 0 Å². The fraction of sp³-hybridized carbons (Fsp3) is 0.571. The Morgan fingerprint density at radius 3 is 3.00 bits per heavy atom. The summed E-state index contributed by atoms with van der Waals surface area (Å²) in [5, 5.41) is 3.84. The highest BCUT2D eigenvalue weighted by atomic mass is 19.1. The van der Waals surface area contributed by atoms with Crippen molar-refractivity contribution in [3.8, 4) is 0 Å². The third-order valence-corrected chi connectivity index (χ3v) is 1.74. The molecule has 0 radical (unpaired) electrons. The molecule has 0 aromatic carbocycles. The maximum Gasteiger partial charge on any atom is 0.161 e. The molecule has 0 N–H and O–H groups in total. The maximum atomic E-state index is 12.3. The highest BCUT2D eigenvalue weighted by molar-refractivity contribution is 4.85. The minimum Gasteiger partial charge on any atom is -0.269 e. The van der Waals surface area contributed by atoms with Crippen LogP contribution in [-0.2, 0) is 6.54 Å². The second-order valence-electron chi connectivity index (χ2n) is 2.82. The molecule has 1 aromatic rings. The summed E-state index contributed by atoms with van der Waals surface area (Å²) in [6.45, 7) is 0.893. The van der Waals surface area contributed by atoms with E-state index in [4.69, 9.17) is 0 Å². The summed E-state index contributed by atoms with van der Waals surface area (Å²) in [6, 6.07) is 0. The van der Waals surface area contributed by atoms with E-state index in [0.717, 1.165) is 12.5 Å². The zero-order chi connectivity index (χ0) is 6.97. The van der Waals surface area contributed by atoms with Crippen LogP contribution in [-0.4, -0.2) is 9.78 Å². The van der Waals surface area contributed by atoms with Crippen molar-refractivity contribution in [2.75, 3.05) is 0 Å². The van der Waals surface area contributed by atoms with Crippen LogP contribution in [0.5, 0.6) is 0 Å². The Balaban J connectivity index is 2.03. The van der Waals surface area contributed by atoms with E-state index in [1.807, 2.05) is 0 Å². The predicted octanol–water partition coefficient (Wildman–Crippen LogP) is 1.43. The van der Waals surface area contributed by atoms with Crippen molar-refractivity contribution in [2.24, 2.45) is 5.92 Å². The van der Waals surface area contributed by atoms with Crippen LogP contribution in [0.25, 0.3) is 0 Å². The summed E-state index contributed by atoms with van der Waals surface area (Å²) < 4.78 is 14.0. The van der Waals surface area contributed by atoms with Crippen molar-refractivity contribution in [3.63, 3.8) is 0 Å². The highest BCUT2D eigenvalue weighted by Gasteiger charge is 2.21. The molecule has 3 heteroatoms. The number of rotatable bonds is 2. The van der Waals surface area contributed by atoms with Gasteiger partial charge in [-0.15, -0.1) is 0 Å². The minimum absolute atomic E-state index is 0.236. The normalized spacial score (nSPS) is 17.7. The third kappa shape index (κ3) is 1.17. The molecule has 2 rings (SSSR count). The molecule has 0 bridgehead atoms. The first-order valence-corrected chi connectivity index (χ1v) is 3.52. The molecule has 0 saturated heterocycles. The molecule has 1 saturated carbocycles. The smallest absolute Gasteiger partial charge is 0.161 e. The molecule has 1 heterocycles. The van der Waals surface area contributed by atoms with Crippen LogP contribution in [0.15, 0.2) is 12.4 Å². The van der Waals surface area contributed by atoms with Gasteiger partial charge in [-0.1, -0.05) is 0 Å². The number of aromatic nitrogens is 2. The molecule has 0 amide bonds. The van der Waals surface area contributed by atoms with E-state index >= 15 is 0 Å². The first kappa shape index (κ1) is 5.89. The summed E-state index contributed by atoms with van der Waals surface area (Å²) in [6.07, 6.45) is 5.25. The number of hydrogen-bond acceptors (Lipinski definition) is 1. The lowest BCUT2D eigenvalue weighted by molar-refractivity contribution is 0.556. The molecule has 1 aliphatic carbocycles. The van der Waals surface area contributed by atoms with Crippen LogP contribution in [0.3, 0.4) is 0 Å². The Hall–Kier alpha value is -0.860. The molecule has 1 fully saturated rings. The largest absolute Gasteiger partial charge is 0.269 e. The fourth-order valence-electron chi connectivity index (χ4n) is 1.00. The average molecular weight is 140 g/mol. The SMILES string of the molecule is Fc1cnn(CC2CC2)c1. The summed E-state index contributed by atoms with van der Waals surface area (Å²) in [7, 11) is 0. The molecular weight excluding hydrogens is 131 g/mol. The van der Waals surface area contributed by atoms with Crippen LogP contribution in [0.2, 0.25) is 0 Å². The van der Waals surface area contributed by atoms with Crippen LogP contribution in [0.1, 0.15) is 12.8 Å². The van der Waals surface area contributed by atoms with E-state index < -0.39 is 0 Å². The van der Waals surface area contributed by atoms with Gasteiger partial charge in [-0.2, -0.15) is 5.10 Å². The van der Waals surface area contributed by atoms with Crippen molar-refractivity contribution in [1.29, 1.82) is 0 Å². The summed E-state index contributed by atoms with van der Waals surface area (Å²) >= 11 is 0. The lowest BCUT2D eigenvalue weighted by Crippen LogP contribution is -1.98. The zero-order valence-corrected chi connectivity index (χ0v) is 5.63. The van der Waals surface area contributed by atoms with Gasteiger partial charge in [0.2, 0.25) is 0 Å². The van der Waals surface area contributed by atoms with Crippen molar-refractivity contribution < 1.29 is 4.39 Å². The molecule has 54 valence electrons. The topological polar surface area (TPSA) is 17.8 Å². The molecule has 0 spiro atoms. The van der Waals surface area contributed by atoms with Crippen molar-refractivity contribution in [3.05, 3.63) is 18.2 Å². The first-order valence-electron chi connectivity index (χ1n) is 3.52. The summed E-state index contributed by atoms with van der Waals surface area (Å²) in [5.74, 6) is 0.528. The summed E-state index contributed by atoms with van der Waals surface area (Å²) in [5.41, 5.74) is 0. The number of nitrogens with zero attached hydrogens (tertiary/aromatic N) is 2. The molecule has 2 nitrogen and oxygen atoms in total. The second kappa shape index (κ2) is 2.08. The monoisotopic (exact) mass is 140 g/mol. The van der Waals surface area contributed by atoms with Crippen LogP contribution >= 0.6 is 0 Å². The second-order valence-corrected chi connectivity index (χ2v) is 2.82. The van der Waals surface area contributed by atoms with Gasteiger partial charge in [-0.05, 0) is 18.8 Å². The number of hydrogen-bond donors (Lipinski definition) is 0. The highest BCUT2D eigenvalue weighted by Crippen LogP contribution is 2.30. The van der Waals surface area contributed by atoms with Gasteiger partial charge in [-0.3, -0.25) is 4.68 Å². The molecular formula is C7H9FN2. The predicted molar refractivity (Wildman–Crippen MR) is 34.9 cm³/mol. The molecule has 0 atom stereocenters. The van der Waals surface area contributed by atoms with Crippen LogP contribution in [0, 0.1) is 11.7 Å². The number of halogens is 1. The quantitative estimate of drug-likeness (QED) is 0.607. The van der Waals surface area contributed by atoms with Crippen molar-refractivity contribution >= 4 is 0 Å². The van der Waals surface area contributed by atoms with Crippen LogP contribution in [0.4, 0.5) is 4.39 Å². The molecule has 1 aliphatic rings. The van der Waals surface area contributed by atoms with E-state index in [1.165, 1.54) is 25.2 Å². The lowest BCUT2D eigenvalue weighted by atomic mass is 10.4. The van der Waals surface area contributed by atoms with Gasteiger partial charge >= 0.3 is 0 Å². The Morgan fingerprint density at radius 2 is 2.50 bits per heavy atom. The average Bonchev–Trinajstić information content (AvgIpc) is 2.59. The molecule has 1 aromatic heterocycles. The lowest BCUT2D eigenvalue weighted by Gasteiger charge is -1.94. The van der Waals surface area contributed by atoms with Crippen molar-refractivity contribution in [2.45, 2.75) is 19.4 Å². The van der Waals surface area contributed by atoms with E-state index in [2.05, 4.69) is 5.10 Å². The van der Waals surface area contributed by atoms with E-state index in [1.54, 1.807) is 4.68 Å². The van der Waals surface area contributed by atoms with Gasteiger partial charge < -0.3 is 0 Å². The van der Waals surface area contributed by atoms with Crippen LogP contribution < -0.4 is 0 Å². The van der Waals surface area contributed by atoms with Gasteiger partial charge in [0.15, 0.2) is 5.82 Å². The fourth-order valence-corrected chi connectivity index (χ4v) is 1.00. The van der Waals surface area contributed by atoms with Gasteiger partial charge in [0.05, 0.1) is 12.4 Å². The Bertz CT molecular complexity index is 227. The maximum absolute atomic E-state index is 12.3. The molecule has 0 aliphatic heterocycles.